The molecule has 0 aliphatic carbocycles. The standard InChI is InChI=1S/C27H31N7O3/c1-27(2,3)37-26(36)20-10-11-22-21(16-20)18-33(15-12-19-8-5-4-6-9-19)25(35)23(29-22)17-24-30-31-32-34(24)14-7-13-28/h4-6,8-11,16,23,29H,7,12,14-15,17-18H2,1-3H3. The van der Waals surface area contributed by atoms with Crippen molar-refractivity contribution in [1.82, 2.24) is 25.1 Å². The first kappa shape index (κ1) is 25.8. The van der Waals surface area contributed by atoms with Crippen LogP contribution in [0.4, 0.5) is 5.69 Å². The molecule has 1 aliphatic rings. The molecule has 37 heavy (non-hydrogen) atoms. The van der Waals surface area contributed by atoms with Crippen molar-refractivity contribution in [3.8, 4) is 6.07 Å². The third-order valence-electron chi connectivity index (χ3n) is 5.98. The SMILES string of the molecule is CC(C)(C)OC(=O)c1ccc2c(c1)CN(CCc1ccccc1)C(=O)C(Cc1nnnn1CCC#N)N2. The van der Waals surface area contributed by atoms with Gasteiger partial charge in [-0.15, -0.1) is 5.10 Å². The van der Waals surface area contributed by atoms with E-state index in [0.29, 0.717) is 37.4 Å². The Morgan fingerprint density at radius 2 is 1.97 bits per heavy atom. The molecule has 0 saturated carbocycles. The van der Waals surface area contributed by atoms with Gasteiger partial charge in [0.15, 0.2) is 5.82 Å². The summed E-state index contributed by atoms with van der Waals surface area (Å²) < 4.78 is 7.11. The zero-order chi connectivity index (χ0) is 26.4. The van der Waals surface area contributed by atoms with Crippen molar-refractivity contribution in [3.05, 3.63) is 71.0 Å². The number of rotatable bonds is 8. The van der Waals surface area contributed by atoms with Gasteiger partial charge in [-0.05, 0) is 66.9 Å². The smallest absolute Gasteiger partial charge is 0.338 e. The van der Waals surface area contributed by atoms with Crippen LogP contribution < -0.4 is 5.32 Å². The summed E-state index contributed by atoms with van der Waals surface area (Å²) in [6, 6.07) is 16.8. The van der Waals surface area contributed by atoms with E-state index < -0.39 is 17.6 Å². The second kappa shape index (κ2) is 11.2. The molecule has 1 amide bonds. The van der Waals surface area contributed by atoms with Crippen LogP contribution in [0.25, 0.3) is 0 Å². The molecule has 0 radical (unpaired) electrons. The number of ether oxygens (including phenoxy) is 1. The van der Waals surface area contributed by atoms with Crippen LogP contribution in [-0.4, -0.2) is 55.2 Å². The molecule has 1 aromatic heterocycles. The molecule has 0 bridgehead atoms. The lowest BCUT2D eigenvalue weighted by atomic mass is 10.1. The molecular formula is C27H31N7O3. The zero-order valence-electron chi connectivity index (χ0n) is 21.3. The number of carbonyl (C=O) groups is 2. The summed E-state index contributed by atoms with van der Waals surface area (Å²) in [5.74, 6) is 0.0358. The van der Waals surface area contributed by atoms with E-state index in [4.69, 9.17) is 10.00 Å². The number of amides is 1. The first-order chi connectivity index (χ1) is 17.7. The fourth-order valence-corrected chi connectivity index (χ4v) is 4.20. The first-order valence-corrected chi connectivity index (χ1v) is 12.3. The fraction of sp³-hybridized carbons (Fsp3) is 0.407. The van der Waals surface area contributed by atoms with E-state index in [1.165, 1.54) is 0 Å². The van der Waals surface area contributed by atoms with Crippen molar-refractivity contribution in [1.29, 1.82) is 5.26 Å². The minimum atomic E-state index is -0.615. The summed E-state index contributed by atoms with van der Waals surface area (Å²) in [6.45, 7) is 6.70. The number of hydrogen-bond donors (Lipinski definition) is 1. The molecule has 1 aliphatic heterocycles. The first-order valence-electron chi connectivity index (χ1n) is 12.3. The summed E-state index contributed by atoms with van der Waals surface area (Å²) in [5.41, 5.74) is 2.55. The van der Waals surface area contributed by atoms with Crippen molar-refractivity contribution in [3.63, 3.8) is 0 Å². The number of benzene rings is 2. The number of esters is 1. The van der Waals surface area contributed by atoms with Crippen molar-refractivity contribution in [2.75, 3.05) is 11.9 Å². The minimum absolute atomic E-state index is 0.0826. The molecule has 3 aromatic rings. The van der Waals surface area contributed by atoms with Crippen LogP contribution in [0.3, 0.4) is 0 Å². The highest BCUT2D eigenvalue weighted by Crippen LogP contribution is 2.27. The van der Waals surface area contributed by atoms with Gasteiger partial charge in [-0.3, -0.25) is 4.79 Å². The van der Waals surface area contributed by atoms with Crippen LogP contribution >= 0.6 is 0 Å². The summed E-state index contributed by atoms with van der Waals surface area (Å²) in [6.07, 6.45) is 1.22. The monoisotopic (exact) mass is 501 g/mol. The number of tetrazole rings is 1. The van der Waals surface area contributed by atoms with Gasteiger partial charge in [0.05, 0.1) is 24.6 Å². The molecule has 1 atom stereocenters. The van der Waals surface area contributed by atoms with E-state index in [0.717, 1.165) is 16.8 Å². The van der Waals surface area contributed by atoms with E-state index in [1.54, 1.807) is 21.7 Å². The Morgan fingerprint density at radius 3 is 2.70 bits per heavy atom. The van der Waals surface area contributed by atoms with E-state index in [1.807, 2.05) is 57.2 Å². The van der Waals surface area contributed by atoms with Crippen molar-refractivity contribution >= 4 is 17.6 Å². The van der Waals surface area contributed by atoms with Gasteiger partial charge in [0.2, 0.25) is 5.91 Å². The summed E-state index contributed by atoms with van der Waals surface area (Å²) in [7, 11) is 0. The molecule has 1 N–H and O–H groups in total. The van der Waals surface area contributed by atoms with Gasteiger partial charge in [0, 0.05) is 25.2 Å². The van der Waals surface area contributed by atoms with Gasteiger partial charge in [0.25, 0.3) is 0 Å². The van der Waals surface area contributed by atoms with Gasteiger partial charge in [0.1, 0.15) is 11.6 Å². The quantitative estimate of drug-likeness (QED) is 0.467. The lowest BCUT2D eigenvalue weighted by Gasteiger charge is -2.24. The number of hydrogen-bond acceptors (Lipinski definition) is 8. The minimum Gasteiger partial charge on any atom is -0.456 e. The normalized spacial score (nSPS) is 15.4. The molecule has 192 valence electrons. The Bertz CT molecular complexity index is 1290. The van der Waals surface area contributed by atoms with E-state index in [9.17, 15) is 9.59 Å². The van der Waals surface area contributed by atoms with Crippen LogP contribution in [0.5, 0.6) is 0 Å². The average Bonchev–Trinajstić information content (AvgIpc) is 3.26. The number of nitriles is 1. The summed E-state index contributed by atoms with van der Waals surface area (Å²) >= 11 is 0. The molecule has 10 nitrogen and oxygen atoms in total. The fourth-order valence-electron chi connectivity index (χ4n) is 4.20. The molecule has 2 heterocycles. The Hall–Kier alpha value is -4.26. The van der Waals surface area contributed by atoms with Crippen LogP contribution in [0, 0.1) is 11.3 Å². The Labute approximate surface area is 216 Å². The topological polar surface area (TPSA) is 126 Å². The van der Waals surface area contributed by atoms with Crippen molar-refractivity contribution in [2.45, 2.75) is 64.8 Å². The predicted molar refractivity (Wildman–Crippen MR) is 136 cm³/mol. The van der Waals surface area contributed by atoms with E-state index in [-0.39, 0.29) is 18.7 Å². The summed E-state index contributed by atoms with van der Waals surface area (Å²) in [4.78, 5) is 28.3. The second-order valence-electron chi connectivity index (χ2n) is 10.00. The van der Waals surface area contributed by atoms with E-state index >= 15 is 0 Å². The van der Waals surface area contributed by atoms with Gasteiger partial charge in [-0.2, -0.15) is 5.26 Å². The molecule has 10 heteroatoms. The molecule has 0 fully saturated rings. The Balaban J connectivity index is 1.62. The number of nitrogens with one attached hydrogen (secondary N) is 1. The summed E-state index contributed by atoms with van der Waals surface area (Å²) in [5, 5.41) is 24.1. The highest BCUT2D eigenvalue weighted by Gasteiger charge is 2.31. The molecular weight excluding hydrogens is 470 g/mol. The maximum Gasteiger partial charge on any atom is 0.338 e. The van der Waals surface area contributed by atoms with Crippen molar-refractivity contribution in [2.24, 2.45) is 0 Å². The van der Waals surface area contributed by atoms with Crippen molar-refractivity contribution < 1.29 is 14.3 Å². The molecule has 1 unspecified atom stereocenters. The zero-order valence-corrected chi connectivity index (χ0v) is 21.3. The van der Waals surface area contributed by atoms with Crippen LogP contribution in [0.1, 0.15) is 54.5 Å². The Morgan fingerprint density at radius 1 is 1.19 bits per heavy atom. The molecule has 0 spiro atoms. The number of fused-ring (bicyclic) bond motifs is 1. The van der Waals surface area contributed by atoms with Crippen LogP contribution in [0.2, 0.25) is 0 Å². The maximum absolute atomic E-state index is 13.7. The lowest BCUT2D eigenvalue weighted by molar-refractivity contribution is -0.132. The number of nitrogens with zero attached hydrogens (tertiary/aromatic N) is 6. The lowest BCUT2D eigenvalue weighted by Crippen LogP contribution is -2.43. The van der Waals surface area contributed by atoms with Gasteiger partial charge in [-0.25, -0.2) is 9.48 Å². The average molecular weight is 502 g/mol. The number of carbonyl (C=O) groups excluding carboxylic acids is 2. The van der Waals surface area contributed by atoms with E-state index in [2.05, 4.69) is 26.9 Å². The number of aryl methyl sites for hydroxylation is 1. The Kier molecular flexibility index (Phi) is 7.82. The molecule has 4 rings (SSSR count). The van der Waals surface area contributed by atoms with Crippen LogP contribution in [-0.2, 0) is 35.5 Å². The highest BCUT2D eigenvalue weighted by atomic mass is 16.6. The largest absolute Gasteiger partial charge is 0.456 e. The number of aromatic nitrogens is 4. The van der Waals surface area contributed by atoms with Gasteiger partial charge >= 0.3 is 5.97 Å². The van der Waals surface area contributed by atoms with Crippen LogP contribution in [0.15, 0.2) is 48.5 Å². The molecule has 0 saturated heterocycles. The predicted octanol–water partition coefficient (Wildman–Crippen LogP) is 3.15. The molecule has 2 aromatic carbocycles. The van der Waals surface area contributed by atoms with Gasteiger partial charge in [-0.1, -0.05) is 30.3 Å². The third kappa shape index (κ3) is 6.70. The number of anilines is 1. The maximum atomic E-state index is 13.7. The van der Waals surface area contributed by atoms with Gasteiger partial charge < -0.3 is 15.0 Å². The third-order valence-corrected chi connectivity index (χ3v) is 5.98. The second-order valence-corrected chi connectivity index (χ2v) is 10.00. The highest BCUT2D eigenvalue weighted by molar-refractivity contribution is 5.92.